The molecule has 0 saturated carbocycles. The standard InChI is InChI=1S/C14H20N2O4S/c1-21-10-5-3-2-4-9-15-12-8-6-7-11(14(17)18)13(12)16(19)20/h6-8,15H,2-5,9-10H2,1H3,(H,17,18). The van der Waals surface area contributed by atoms with Gasteiger partial charge in [0.1, 0.15) is 11.3 Å². The molecule has 1 aromatic rings. The lowest BCUT2D eigenvalue weighted by atomic mass is 10.1. The van der Waals surface area contributed by atoms with Crippen molar-refractivity contribution in [3.63, 3.8) is 0 Å². The number of nitrogens with one attached hydrogen (secondary N) is 1. The number of anilines is 1. The summed E-state index contributed by atoms with van der Waals surface area (Å²) in [6.07, 6.45) is 6.36. The van der Waals surface area contributed by atoms with Crippen molar-refractivity contribution in [2.24, 2.45) is 0 Å². The molecule has 0 saturated heterocycles. The van der Waals surface area contributed by atoms with E-state index in [4.69, 9.17) is 5.11 Å². The number of nitro benzene ring substituents is 1. The number of carboxylic acids is 1. The Morgan fingerprint density at radius 1 is 1.33 bits per heavy atom. The number of unbranched alkanes of at least 4 members (excludes halogenated alkanes) is 3. The van der Waals surface area contributed by atoms with Crippen LogP contribution in [0.1, 0.15) is 36.0 Å². The van der Waals surface area contributed by atoms with Crippen LogP contribution in [-0.4, -0.2) is 34.6 Å². The molecule has 0 spiro atoms. The van der Waals surface area contributed by atoms with Gasteiger partial charge < -0.3 is 10.4 Å². The second-order valence-electron chi connectivity index (χ2n) is 4.60. The number of nitrogens with zero attached hydrogens (tertiary/aromatic N) is 1. The Morgan fingerprint density at radius 3 is 2.67 bits per heavy atom. The quantitative estimate of drug-likeness (QED) is 0.389. The van der Waals surface area contributed by atoms with E-state index in [1.54, 1.807) is 0 Å². The minimum Gasteiger partial charge on any atom is -0.477 e. The normalized spacial score (nSPS) is 10.3. The Morgan fingerprint density at radius 2 is 2.05 bits per heavy atom. The molecule has 0 fully saturated rings. The van der Waals surface area contributed by atoms with Crippen molar-refractivity contribution in [3.05, 3.63) is 33.9 Å². The summed E-state index contributed by atoms with van der Waals surface area (Å²) in [6, 6.07) is 4.30. The fourth-order valence-electron chi connectivity index (χ4n) is 2.00. The SMILES string of the molecule is CSCCCCCCNc1cccc(C(=O)O)c1[N+](=O)[O-]. The molecule has 0 unspecified atom stereocenters. The number of rotatable bonds is 10. The first-order valence-electron chi connectivity index (χ1n) is 6.81. The maximum Gasteiger partial charge on any atom is 0.342 e. The van der Waals surface area contributed by atoms with Crippen LogP contribution < -0.4 is 5.32 Å². The number of para-hydroxylation sites is 1. The molecule has 0 aliphatic carbocycles. The highest BCUT2D eigenvalue weighted by atomic mass is 32.2. The van der Waals surface area contributed by atoms with Crippen LogP contribution in [-0.2, 0) is 0 Å². The van der Waals surface area contributed by atoms with Crippen LogP contribution in [0.4, 0.5) is 11.4 Å². The van der Waals surface area contributed by atoms with Crippen molar-refractivity contribution in [2.75, 3.05) is 23.9 Å². The lowest BCUT2D eigenvalue weighted by Gasteiger charge is -2.08. The average Bonchev–Trinajstić information content (AvgIpc) is 2.45. The predicted molar refractivity (Wildman–Crippen MR) is 85.4 cm³/mol. The van der Waals surface area contributed by atoms with Gasteiger partial charge in [0.2, 0.25) is 0 Å². The van der Waals surface area contributed by atoms with Crippen molar-refractivity contribution in [1.29, 1.82) is 0 Å². The first kappa shape index (κ1) is 17.3. The van der Waals surface area contributed by atoms with E-state index in [0.29, 0.717) is 6.54 Å². The van der Waals surface area contributed by atoms with Crippen LogP contribution in [0.25, 0.3) is 0 Å². The zero-order valence-corrected chi connectivity index (χ0v) is 12.8. The van der Waals surface area contributed by atoms with E-state index >= 15 is 0 Å². The molecule has 116 valence electrons. The van der Waals surface area contributed by atoms with E-state index in [1.165, 1.54) is 24.6 Å². The van der Waals surface area contributed by atoms with Crippen LogP contribution in [0.3, 0.4) is 0 Å². The Hall–Kier alpha value is -1.76. The summed E-state index contributed by atoms with van der Waals surface area (Å²) in [7, 11) is 0. The van der Waals surface area contributed by atoms with Crippen LogP contribution in [0.2, 0.25) is 0 Å². The van der Waals surface area contributed by atoms with Crippen LogP contribution in [0.15, 0.2) is 18.2 Å². The molecule has 7 heteroatoms. The van der Waals surface area contributed by atoms with Gasteiger partial charge in [-0.3, -0.25) is 10.1 Å². The number of carbonyl (C=O) groups is 1. The van der Waals surface area contributed by atoms with Crippen molar-refractivity contribution >= 4 is 29.1 Å². The third-order valence-corrected chi connectivity index (χ3v) is 3.74. The maximum atomic E-state index is 11.1. The highest BCUT2D eigenvalue weighted by molar-refractivity contribution is 7.98. The van der Waals surface area contributed by atoms with Gasteiger partial charge in [0.25, 0.3) is 0 Å². The number of hydrogen-bond donors (Lipinski definition) is 2. The number of nitro groups is 1. The van der Waals surface area contributed by atoms with Gasteiger partial charge in [-0.15, -0.1) is 0 Å². The molecular formula is C14H20N2O4S. The summed E-state index contributed by atoms with van der Waals surface area (Å²) in [4.78, 5) is 21.4. The molecule has 0 heterocycles. The van der Waals surface area contributed by atoms with Gasteiger partial charge in [-0.1, -0.05) is 18.9 Å². The zero-order chi connectivity index (χ0) is 15.7. The monoisotopic (exact) mass is 312 g/mol. The average molecular weight is 312 g/mol. The van der Waals surface area contributed by atoms with Gasteiger partial charge in [-0.05, 0) is 37.0 Å². The Balaban J connectivity index is 2.57. The molecule has 6 nitrogen and oxygen atoms in total. The largest absolute Gasteiger partial charge is 0.477 e. The van der Waals surface area contributed by atoms with Gasteiger partial charge in [0, 0.05) is 6.54 Å². The molecule has 21 heavy (non-hydrogen) atoms. The van der Waals surface area contributed by atoms with E-state index in [0.717, 1.165) is 25.0 Å². The molecule has 0 radical (unpaired) electrons. The lowest BCUT2D eigenvalue weighted by Crippen LogP contribution is -2.08. The number of benzene rings is 1. The first-order valence-corrected chi connectivity index (χ1v) is 8.20. The van der Waals surface area contributed by atoms with Gasteiger partial charge in [0.15, 0.2) is 0 Å². The fourth-order valence-corrected chi connectivity index (χ4v) is 2.50. The van der Waals surface area contributed by atoms with E-state index in [2.05, 4.69) is 11.6 Å². The fraction of sp³-hybridized carbons (Fsp3) is 0.500. The molecule has 0 aromatic heterocycles. The molecule has 0 amide bonds. The topological polar surface area (TPSA) is 92.5 Å². The maximum absolute atomic E-state index is 11.1. The van der Waals surface area contributed by atoms with Crippen molar-refractivity contribution in [1.82, 2.24) is 0 Å². The Kier molecular flexibility index (Phi) is 7.60. The molecule has 0 aliphatic rings. The summed E-state index contributed by atoms with van der Waals surface area (Å²) in [5.41, 5.74) is -0.388. The molecular weight excluding hydrogens is 292 g/mol. The van der Waals surface area contributed by atoms with Crippen LogP contribution >= 0.6 is 11.8 Å². The third kappa shape index (κ3) is 5.63. The van der Waals surface area contributed by atoms with Gasteiger partial charge in [0.05, 0.1) is 4.92 Å². The molecule has 1 rings (SSSR count). The van der Waals surface area contributed by atoms with Gasteiger partial charge in [-0.25, -0.2) is 4.79 Å². The molecule has 0 bridgehead atoms. The Labute approximate surface area is 128 Å². The summed E-state index contributed by atoms with van der Waals surface area (Å²) < 4.78 is 0. The van der Waals surface area contributed by atoms with Gasteiger partial charge in [-0.2, -0.15) is 11.8 Å². The van der Waals surface area contributed by atoms with Crippen molar-refractivity contribution in [2.45, 2.75) is 25.7 Å². The summed E-state index contributed by atoms with van der Waals surface area (Å²) >= 11 is 1.83. The molecule has 0 aliphatic heterocycles. The molecule has 0 atom stereocenters. The number of aromatic carboxylic acids is 1. The van der Waals surface area contributed by atoms with Gasteiger partial charge >= 0.3 is 11.7 Å². The molecule has 1 aromatic carbocycles. The van der Waals surface area contributed by atoms with E-state index < -0.39 is 10.9 Å². The van der Waals surface area contributed by atoms with Crippen molar-refractivity contribution < 1.29 is 14.8 Å². The predicted octanol–water partition coefficient (Wildman–Crippen LogP) is 3.63. The summed E-state index contributed by atoms with van der Waals surface area (Å²) in [6.45, 7) is 0.600. The zero-order valence-electron chi connectivity index (χ0n) is 12.0. The number of thioether (sulfide) groups is 1. The van der Waals surface area contributed by atoms with E-state index in [-0.39, 0.29) is 16.9 Å². The van der Waals surface area contributed by atoms with Crippen LogP contribution in [0.5, 0.6) is 0 Å². The minimum absolute atomic E-state index is 0.268. The summed E-state index contributed by atoms with van der Waals surface area (Å²) in [5.74, 6) is -0.137. The minimum atomic E-state index is -1.29. The second-order valence-corrected chi connectivity index (χ2v) is 5.58. The second kappa shape index (κ2) is 9.23. The van der Waals surface area contributed by atoms with Crippen LogP contribution in [0, 0.1) is 10.1 Å². The Bertz CT molecular complexity index is 494. The first-order chi connectivity index (χ1) is 10.1. The highest BCUT2D eigenvalue weighted by Gasteiger charge is 2.23. The van der Waals surface area contributed by atoms with E-state index in [9.17, 15) is 14.9 Å². The number of hydrogen-bond acceptors (Lipinski definition) is 5. The van der Waals surface area contributed by atoms with Crippen molar-refractivity contribution in [3.8, 4) is 0 Å². The summed E-state index contributed by atoms with van der Waals surface area (Å²) in [5, 5.41) is 23.0. The smallest absolute Gasteiger partial charge is 0.342 e. The lowest BCUT2D eigenvalue weighted by molar-refractivity contribution is -0.384. The number of carboxylic acid groups (broad SMARTS) is 1. The van der Waals surface area contributed by atoms with E-state index in [1.807, 2.05) is 11.8 Å². The highest BCUT2D eigenvalue weighted by Crippen LogP contribution is 2.28. The third-order valence-electron chi connectivity index (χ3n) is 3.04. The molecule has 2 N–H and O–H groups in total.